The lowest BCUT2D eigenvalue weighted by molar-refractivity contribution is 0.102. The van der Waals surface area contributed by atoms with Crippen LogP contribution in [0.3, 0.4) is 0 Å². The van der Waals surface area contributed by atoms with Gasteiger partial charge in [-0.05, 0) is 55.1 Å². The molecule has 3 N–H and O–H groups in total. The van der Waals surface area contributed by atoms with Crippen molar-refractivity contribution in [3.8, 4) is 11.5 Å². The number of halogens is 2. The maximum absolute atomic E-state index is 13.2. The van der Waals surface area contributed by atoms with E-state index in [1.54, 1.807) is 49.4 Å². The van der Waals surface area contributed by atoms with E-state index in [9.17, 15) is 22.9 Å². The van der Waals surface area contributed by atoms with Gasteiger partial charge in [-0.3, -0.25) is 9.35 Å². The van der Waals surface area contributed by atoms with Gasteiger partial charge in [-0.1, -0.05) is 47.5 Å². The number of nitrogens with zero attached hydrogens (tertiary/aromatic N) is 2. The Morgan fingerprint density at radius 1 is 1.05 bits per heavy atom. The van der Waals surface area contributed by atoms with E-state index in [4.69, 9.17) is 27.9 Å². The molecule has 0 bridgehead atoms. The first kappa shape index (κ1) is 27.3. The molecule has 0 saturated heterocycles. The van der Waals surface area contributed by atoms with Crippen LogP contribution < -0.4 is 10.1 Å². The zero-order chi connectivity index (χ0) is 27.6. The number of fused-ring (bicyclic) bond motifs is 1. The predicted octanol–water partition coefficient (Wildman–Crippen LogP) is 7.47. The predicted molar refractivity (Wildman–Crippen MR) is 146 cm³/mol. The van der Waals surface area contributed by atoms with Crippen LogP contribution in [0.15, 0.2) is 75.8 Å². The molecule has 12 heteroatoms. The van der Waals surface area contributed by atoms with E-state index in [0.717, 1.165) is 0 Å². The number of phenols is 1. The molecule has 0 spiro atoms. The molecule has 4 rings (SSSR count). The van der Waals surface area contributed by atoms with Gasteiger partial charge in [0.1, 0.15) is 16.3 Å². The van der Waals surface area contributed by atoms with Crippen LogP contribution in [0.5, 0.6) is 11.5 Å². The quantitative estimate of drug-likeness (QED) is 0.155. The highest BCUT2D eigenvalue weighted by Crippen LogP contribution is 2.40. The maximum Gasteiger partial charge on any atom is 0.296 e. The van der Waals surface area contributed by atoms with Gasteiger partial charge < -0.3 is 15.2 Å². The van der Waals surface area contributed by atoms with Crippen LogP contribution in [-0.2, 0) is 10.1 Å². The molecule has 0 aromatic heterocycles. The minimum atomic E-state index is -4.54. The van der Waals surface area contributed by atoms with Crippen molar-refractivity contribution in [2.45, 2.75) is 18.7 Å². The van der Waals surface area contributed by atoms with Gasteiger partial charge >= 0.3 is 0 Å². The van der Waals surface area contributed by atoms with Crippen molar-refractivity contribution in [3.05, 3.63) is 81.8 Å². The van der Waals surface area contributed by atoms with Crippen LogP contribution in [0.2, 0.25) is 10.0 Å². The molecule has 38 heavy (non-hydrogen) atoms. The molecule has 4 aromatic carbocycles. The second kappa shape index (κ2) is 11.0. The Balaban J connectivity index is 1.77. The summed E-state index contributed by atoms with van der Waals surface area (Å²) >= 11 is 12.1. The van der Waals surface area contributed by atoms with Crippen molar-refractivity contribution in [1.82, 2.24) is 0 Å². The highest BCUT2D eigenvalue weighted by atomic mass is 35.5. The molecule has 1 amide bonds. The normalized spacial score (nSPS) is 11.7. The summed E-state index contributed by atoms with van der Waals surface area (Å²) in [5, 5.41) is 23.4. The second-order valence-corrected chi connectivity index (χ2v) is 10.3. The maximum atomic E-state index is 13.2. The van der Waals surface area contributed by atoms with E-state index in [1.165, 1.54) is 25.1 Å². The molecule has 0 unspecified atom stereocenters. The van der Waals surface area contributed by atoms with Crippen molar-refractivity contribution in [2.75, 3.05) is 11.9 Å². The minimum absolute atomic E-state index is 0.0158. The van der Waals surface area contributed by atoms with E-state index in [2.05, 4.69) is 15.5 Å². The molecule has 0 atom stereocenters. The number of aryl methyl sites for hydroxylation is 1. The molecule has 0 aliphatic carbocycles. The molecule has 0 fully saturated rings. The molecular weight excluding hydrogens is 553 g/mol. The SMILES string of the molecule is CCOc1cc(Cl)ccc1NC(=O)c1cc2ccccc2c(N=Nc2cc(C)c(S(=O)(=O)O)c(Cl)c2)c1O. The summed E-state index contributed by atoms with van der Waals surface area (Å²) in [6.45, 7) is 3.59. The first-order chi connectivity index (χ1) is 18.0. The van der Waals surface area contributed by atoms with Crippen LogP contribution in [0, 0.1) is 6.92 Å². The molecular formula is C26H21Cl2N3O6S. The lowest BCUT2D eigenvalue weighted by Gasteiger charge is -2.14. The average Bonchev–Trinajstić information content (AvgIpc) is 2.83. The van der Waals surface area contributed by atoms with Crippen LogP contribution in [-0.4, -0.2) is 30.6 Å². The zero-order valence-corrected chi connectivity index (χ0v) is 22.4. The summed E-state index contributed by atoms with van der Waals surface area (Å²) in [5.41, 5.74) is 0.638. The van der Waals surface area contributed by atoms with Crippen molar-refractivity contribution in [3.63, 3.8) is 0 Å². The van der Waals surface area contributed by atoms with E-state index in [0.29, 0.717) is 33.8 Å². The lowest BCUT2D eigenvalue weighted by Crippen LogP contribution is -2.13. The van der Waals surface area contributed by atoms with Crippen LogP contribution in [0.1, 0.15) is 22.8 Å². The topological polar surface area (TPSA) is 138 Å². The molecule has 4 aromatic rings. The molecule has 0 saturated carbocycles. The highest BCUT2D eigenvalue weighted by Gasteiger charge is 2.21. The Hall–Kier alpha value is -3.70. The van der Waals surface area contributed by atoms with Gasteiger partial charge in [-0.25, -0.2) is 0 Å². The van der Waals surface area contributed by atoms with Crippen molar-refractivity contribution < 1.29 is 27.6 Å². The number of ether oxygens (including phenoxy) is 1. The standard InChI is InChI=1S/C26H21Cl2N3O6S/c1-3-37-22-12-16(27)8-9-21(22)29-26(33)19-11-15-6-4-5-7-18(15)23(24(19)32)31-30-17-10-14(2)25(20(28)13-17)38(34,35)36/h4-13,32H,3H2,1-2H3,(H,29,33)(H,34,35,36). The summed E-state index contributed by atoms with van der Waals surface area (Å²) in [6, 6.07) is 15.8. The zero-order valence-electron chi connectivity index (χ0n) is 20.1. The molecule has 0 aliphatic heterocycles. The number of hydrogen-bond donors (Lipinski definition) is 3. The highest BCUT2D eigenvalue weighted by molar-refractivity contribution is 7.86. The number of benzene rings is 4. The van der Waals surface area contributed by atoms with Gasteiger partial charge in [0.2, 0.25) is 0 Å². The number of amides is 1. The summed E-state index contributed by atoms with van der Waals surface area (Å²) in [4.78, 5) is 12.8. The summed E-state index contributed by atoms with van der Waals surface area (Å²) in [6.07, 6.45) is 0. The van der Waals surface area contributed by atoms with Crippen LogP contribution >= 0.6 is 23.2 Å². The largest absolute Gasteiger partial charge is 0.505 e. The number of anilines is 1. The number of azo groups is 1. The van der Waals surface area contributed by atoms with E-state index in [-0.39, 0.29) is 27.5 Å². The number of rotatable bonds is 7. The van der Waals surface area contributed by atoms with Gasteiger partial charge in [-0.2, -0.15) is 13.5 Å². The number of hydrogen-bond acceptors (Lipinski definition) is 7. The van der Waals surface area contributed by atoms with Crippen molar-refractivity contribution >= 4 is 67.1 Å². The Kier molecular flexibility index (Phi) is 7.89. The monoisotopic (exact) mass is 573 g/mol. The van der Waals surface area contributed by atoms with Crippen LogP contribution in [0.25, 0.3) is 10.8 Å². The fraction of sp³-hybridized carbons (Fsp3) is 0.115. The van der Waals surface area contributed by atoms with Gasteiger partial charge in [0.25, 0.3) is 16.0 Å². The minimum Gasteiger partial charge on any atom is -0.505 e. The van der Waals surface area contributed by atoms with Crippen molar-refractivity contribution in [1.29, 1.82) is 0 Å². The first-order valence-corrected chi connectivity index (χ1v) is 13.4. The summed E-state index contributed by atoms with van der Waals surface area (Å²) in [5.74, 6) is -0.673. The molecule has 0 aliphatic rings. The number of carbonyl (C=O) groups excluding carboxylic acids is 1. The Bertz CT molecular complexity index is 1680. The Morgan fingerprint density at radius 3 is 2.47 bits per heavy atom. The number of carbonyl (C=O) groups is 1. The van der Waals surface area contributed by atoms with Gasteiger partial charge in [0.05, 0.1) is 28.6 Å². The van der Waals surface area contributed by atoms with E-state index >= 15 is 0 Å². The molecule has 9 nitrogen and oxygen atoms in total. The van der Waals surface area contributed by atoms with Crippen molar-refractivity contribution in [2.24, 2.45) is 10.2 Å². The third kappa shape index (κ3) is 5.73. The fourth-order valence-corrected chi connectivity index (χ4v) is 5.35. The molecule has 0 heterocycles. The van der Waals surface area contributed by atoms with Gasteiger partial charge in [-0.15, -0.1) is 5.11 Å². The van der Waals surface area contributed by atoms with E-state index in [1.807, 2.05) is 0 Å². The van der Waals surface area contributed by atoms with Gasteiger partial charge in [0, 0.05) is 16.5 Å². The van der Waals surface area contributed by atoms with Gasteiger partial charge in [0.15, 0.2) is 5.75 Å². The Labute approximate surface area is 228 Å². The summed E-state index contributed by atoms with van der Waals surface area (Å²) < 4.78 is 38.1. The number of phenolic OH excluding ortho intramolecular Hbond substituents is 1. The van der Waals surface area contributed by atoms with E-state index < -0.39 is 26.7 Å². The first-order valence-electron chi connectivity index (χ1n) is 11.2. The lowest BCUT2D eigenvalue weighted by atomic mass is 10.0. The third-order valence-electron chi connectivity index (χ3n) is 5.47. The Morgan fingerprint density at radius 2 is 1.79 bits per heavy atom. The smallest absolute Gasteiger partial charge is 0.296 e. The third-order valence-corrected chi connectivity index (χ3v) is 7.17. The molecule has 0 radical (unpaired) electrons. The second-order valence-electron chi connectivity index (χ2n) is 8.12. The number of nitrogens with one attached hydrogen (secondary N) is 1. The fourth-order valence-electron chi connectivity index (χ4n) is 3.86. The molecule has 196 valence electrons. The average molecular weight is 574 g/mol. The number of aromatic hydroxyl groups is 1. The summed E-state index contributed by atoms with van der Waals surface area (Å²) in [7, 11) is -4.54. The van der Waals surface area contributed by atoms with Crippen LogP contribution in [0.4, 0.5) is 17.1 Å².